The Bertz CT molecular complexity index is 1150. The highest BCUT2D eigenvalue weighted by atomic mass is 79.9. The fraction of sp³-hybridized carbons (Fsp3) is 0.200. The highest BCUT2D eigenvalue weighted by Gasteiger charge is 2.03. The smallest absolute Gasteiger partial charge is 0.0643 e. The highest BCUT2D eigenvalue weighted by Crippen LogP contribution is 2.28. The van der Waals surface area contributed by atoms with Gasteiger partial charge in [0, 0.05) is 10.2 Å². The lowest BCUT2D eigenvalue weighted by Crippen LogP contribution is -1.94. The lowest BCUT2D eigenvalue weighted by atomic mass is 10.1. The summed E-state index contributed by atoms with van der Waals surface area (Å²) in [5.74, 6) is 0. The summed E-state index contributed by atoms with van der Waals surface area (Å²) in [6, 6.07) is 28.3. The van der Waals surface area contributed by atoms with E-state index >= 15 is 0 Å². The predicted octanol–water partition coefficient (Wildman–Crippen LogP) is 10.2. The Morgan fingerprint density at radius 3 is 1.63 bits per heavy atom. The van der Waals surface area contributed by atoms with Crippen LogP contribution in [-0.2, 0) is 12.8 Å². The van der Waals surface area contributed by atoms with Crippen LogP contribution in [0.15, 0.2) is 89.4 Å². The summed E-state index contributed by atoms with van der Waals surface area (Å²) in [5, 5.41) is 4.75. The number of nitrogens with two attached hydrogens (primary N) is 1. The van der Waals surface area contributed by atoms with E-state index in [0.717, 1.165) is 44.8 Å². The molecule has 0 atom stereocenters. The maximum atomic E-state index is 6.18. The summed E-state index contributed by atoms with van der Waals surface area (Å²) in [4.78, 5) is 0. The predicted molar refractivity (Wildman–Crippen MR) is 159 cm³/mol. The van der Waals surface area contributed by atoms with E-state index in [-0.39, 0.29) is 0 Å². The molecule has 35 heavy (non-hydrogen) atoms. The Balaban J connectivity index is 0.000000203. The van der Waals surface area contributed by atoms with E-state index in [0.29, 0.717) is 10.7 Å². The topological polar surface area (TPSA) is 38.0 Å². The van der Waals surface area contributed by atoms with Crippen LogP contribution in [0.3, 0.4) is 0 Å². The van der Waals surface area contributed by atoms with Crippen LogP contribution in [0.4, 0.5) is 17.1 Å². The van der Waals surface area contributed by atoms with Crippen molar-refractivity contribution in [1.29, 1.82) is 0 Å². The third-order valence-electron chi connectivity index (χ3n) is 5.45. The summed E-state index contributed by atoms with van der Waals surface area (Å²) in [6.07, 6.45) is 2.18. The molecule has 0 amide bonds. The van der Waals surface area contributed by atoms with Gasteiger partial charge in [0.1, 0.15) is 0 Å². The van der Waals surface area contributed by atoms with E-state index in [4.69, 9.17) is 28.9 Å². The second-order valence-corrected chi connectivity index (χ2v) is 9.79. The van der Waals surface area contributed by atoms with Gasteiger partial charge in [0.2, 0.25) is 0 Å². The van der Waals surface area contributed by atoms with E-state index in [1.54, 1.807) is 6.07 Å². The van der Waals surface area contributed by atoms with Gasteiger partial charge in [-0.15, -0.1) is 0 Å². The molecular formula is C30H33BrCl2N2. The number of rotatable bonds is 4. The molecule has 4 aromatic rings. The van der Waals surface area contributed by atoms with E-state index < -0.39 is 0 Å². The van der Waals surface area contributed by atoms with Gasteiger partial charge in [0.05, 0.1) is 21.4 Å². The molecule has 0 fully saturated rings. The third-order valence-corrected chi connectivity index (χ3v) is 6.62. The van der Waals surface area contributed by atoms with Gasteiger partial charge in [-0.05, 0) is 85.3 Å². The van der Waals surface area contributed by atoms with Crippen LogP contribution in [0.5, 0.6) is 0 Å². The third kappa shape index (κ3) is 9.60. The zero-order valence-corrected chi connectivity index (χ0v) is 23.8. The monoisotopic (exact) mass is 570 g/mol. The van der Waals surface area contributed by atoms with Crippen molar-refractivity contribution in [2.24, 2.45) is 0 Å². The number of hydrogen-bond acceptors (Lipinski definition) is 2. The largest absolute Gasteiger partial charge is 0.397 e. The maximum Gasteiger partial charge on any atom is 0.0643 e. The summed E-state index contributed by atoms with van der Waals surface area (Å²) in [7, 11) is 0. The molecule has 0 aliphatic rings. The number of anilines is 3. The van der Waals surface area contributed by atoms with Crippen LogP contribution in [-0.4, -0.2) is 0 Å². The van der Waals surface area contributed by atoms with Crippen molar-refractivity contribution in [1.82, 2.24) is 0 Å². The first-order chi connectivity index (χ1) is 16.7. The first kappa shape index (κ1) is 28.8. The lowest BCUT2D eigenvalue weighted by Gasteiger charge is -2.11. The maximum absolute atomic E-state index is 6.18. The first-order valence-corrected chi connectivity index (χ1v) is 13.2. The van der Waals surface area contributed by atoms with Gasteiger partial charge in [-0.2, -0.15) is 0 Å². The van der Waals surface area contributed by atoms with E-state index in [9.17, 15) is 0 Å². The molecule has 0 radical (unpaired) electrons. The van der Waals surface area contributed by atoms with Crippen molar-refractivity contribution in [2.75, 3.05) is 11.1 Å². The molecule has 5 heteroatoms. The number of halogens is 3. The fourth-order valence-corrected chi connectivity index (χ4v) is 3.88. The van der Waals surface area contributed by atoms with Crippen LogP contribution < -0.4 is 11.1 Å². The summed E-state index contributed by atoms with van der Waals surface area (Å²) >= 11 is 15.2. The molecule has 184 valence electrons. The van der Waals surface area contributed by atoms with Crippen molar-refractivity contribution >= 4 is 56.2 Å². The standard InChI is InChI=1S/C15H16ClN.C8H9Br.C7H8ClN/c1-3-12-7-9-13(10-8-12)17-15-11(2)5-4-6-14(15)16;1-2-7-3-5-8(9)6-4-7;1-5-3-2-4-6(8)7(5)9/h4-10,17H,3H2,1-2H3;3-6H,2H2,1H3;2-4H,9H2,1H3. The molecule has 0 saturated heterocycles. The van der Waals surface area contributed by atoms with Gasteiger partial charge < -0.3 is 11.1 Å². The van der Waals surface area contributed by atoms with E-state index in [1.807, 2.05) is 31.2 Å². The minimum atomic E-state index is 0.634. The summed E-state index contributed by atoms with van der Waals surface area (Å²) < 4.78 is 1.15. The number of hydrogen-bond donors (Lipinski definition) is 2. The molecular weight excluding hydrogens is 539 g/mol. The molecule has 0 heterocycles. The minimum Gasteiger partial charge on any atom is -0.397 e. The lowest BCUT2D eigenvalue weighted by molar-refractivity contribution is 1.14. The molecule has 0 aromatic heterocycles. The van der Waals surface area contributed by atoms with E-state index in [1.165, 1.54) is 11.1 Å². The average Bonchev–Trinajstić information content (AvgIpc) is 2.86. The van der Waals surface area contributed by atoms with Gasteiger partial charge in [-0.1, -0.05) is 102 Å². The van der Waals surface area contributed by atoms with Crippen LogP contribution in [0.1, 0.15) is 36.1 Å². The molecule has 0 bridgehead atoms. The van der Waals surface area contributed by atoms with Crippen LogP contribution in [0.2, 0.25) is 10.0 Å². The number of para-hydroxylation sites is 2. The number of benzene rings is 4. The minimum absolute atomic E-state index is 0.634. The fourth-order valence-electron chi connectivity index (χ4n) is 3.12. The Morgan fingerprint density at radius 1 is 0.686 bits per heavy atom. The number of nitrogen functional groups attached to an aromatic ring is 1. The molecule has 3 N–H and O–H groups in total. The van der Waals surface area contributed by atoms with Gasteiger partial charge in [0.25, 0.3) is 0 Å². The van der Waals surface area contributed by atoms with Gasteiger partial charge in [0.15, 0.2) is 0 Å². The Morgan fingerprint density at radius 2 is 1.17 bits per heavy atom. The normalized spacial score (nSPS) is 9.91. The average molecular weight is 572 g/mol. The second-order valence-electron chi connectivity index (χ2n) is 8.06. The zero-order valence-electron chi connectivity index (χ0n) is 20.7. The molecule has 2 nitrogen and oxygen atoms in total. The van der Waals surface area contributed by atoms with Crippen molar-refractivity contribution in [3.8, 4) is 0 Å². The Kier molecular flexibility index (Phi) is 12.2. The molecule has 0 aliphatic heterocycles. The molecule has 0 saturated carbocycles. The molecule has 4 rings (SSSR count). The first-order valence-electron chi connectivity index (χ1n) is 11.6. The van der Waals surface area contributed by atoms with Crippen LogP contribution in [0, 0.1) is 13.8 Å². The number of nitrogens with one attached hydrogen (secondary N) is 1. The van der Waals surface area contributed by atoms with Gasteiger partial charge >= 0.3 is 0 Å². The van der Waals surface area contributed by atoms with Crippen molar-refractivity contribution < 1.29 is 0 Å². The number of aryl methyl sites for hydroxylation is 4. The summed E-state index contributed by atoms with van der Waals surface area (Å²) in [6.45, 7) is 8.29. The Labute approximate surface area is 228 Å². The molecule has 0 unspecified atom stereocenters. The SMILES string of the molecule is CCc1ccc(Br)cc1.CCc1ccc(Nc2c(C)cccc2Cl)cc1.Cc1cccc(Cl)c1N. The van der Waals surface area contributed by atoms with Crippen LogP contribution >= 0.6 is 39.1 Å². The van der Waals surface area contributed by atoms with Crippen molar-refractivity contribution in [3.63, 3.8) is 0 Å². The second kappa shape index (κ2) is 14.8. The van der Waals surface area contributed by atoms with Gasteiger partial charge in [-0.25, -0.2) is 0 Å². The molecule has 0 aliphatic carbocycles. The Hall–Kier alpha value is -2.46. The quantitative estimate of drug-likeness (QED) is 0.239. The van der Waals surface area contributed by atoms with Gasteiger partial charge in [-0.3, -0.25) is 0 Å². The van der Waals surface area contributed by atoms with Crippen LogP contribution in [0.25, 0.3) is 0 Å². The van der Waals surface area contributed by atoms with E-state index in [2.05, 4.69) is 96.6 Å². The zero-order chi connectivity index (χ0) is 25.8. The highest BCUT2D eigenvalue weighted by molar-refractivity contribution is 9.10. The molecule has 0 spiro atoms. The van der Waals surface area contributed by atoms with Crippen molar-refractivity contribution in [2.45, 2.75) is 40.5 Å². The summed E-state index contributed by atoms with van der Waals surface area (Å²) in [5.41, 5.74) is 13.2. The molecule has 4 aromatic carbocycles. The van der Waals surface area contributed by atoms with Crippen molar-refractivity contribution in [3.05, 3.63) is 122 Å².